The Labute approximate surface area is 117 Å². The summed E-state index contributed by atoms with van der Waals surface area (Å²) in [6.45, 7) is 5.97. The number of halogens is 2. The van der Waals surface area contributed by atoms with Gasteiger partial charge in [-0.3, -0.25) is 4.79 Å². The number of nitrogens with one attached hydrogen (secondary N) is 3. The molecule has 1 amide bonds. The topological polar surface area (TPSA) is 66.0 Å². The molecule has 1 aromatic heterocycles. The number of nitrogens with zero attached hydrogens (tertiary/aromatic N) is 1. The molecule has 3 N–H and O–H groups in total. The van der Waals surface area contributed by atoms with Crippen molar-refractivity contribution in [2.45, 2.75) is 33.2 Å². The lowest BCUT2D eigenvalue weighted by molar-refractivity contribution is -0.119. The molecular weight excluding hydrogens is 266 g/mol. The van der Waals surface area contributed by atoms with Gasteiger partial charge in [0.05, 0.1) is 6.54 Å². The number of rotatable bonds is 7. The van der Waals surface area contributed by atoms with Crippen LogP contribution in [-0.4, -0.2) is 30.0 Å². The average Bonchev–Trinajstić information content (AvgIpc) is 2.35. The third-order valence-electron chi connectivity index (χ3n) is 2.34. The first-order valence-corrected chi connectivity index (χ1v) is 6.57. The number of hydrogen-bond donors (Lipinski definition) is 3. The molecule has 0 spiro atoms. The van der Waals surface area contributed by atoms with Gasteiger partial charge in [-0.15, -0.1) is 0 Å². The summed E-state index contributed by atoms with van der Waals surface area (Å²) in [4.78, 5) is 15.3. The Balaban J connectivity index is 2.71. The molecule has 0 unspecified atom stereocenters. The predicted octanol–water partition coefficient (Wildman–Crippen LogP) is 2.12. The largest absolute Gasteiger partial charge is 0.368 e. The maximum Gasteiger partial charge on any atom is 0.239 e. The van der Waals surface area contributed by atoms with Crippen LogP contribution in [0.15, 0.2) is 6.07 Å². The van der Waals surface area contributed by atoms with Gasteiger partial charge in [-0.25, -0.2) is 13.8 Å². The average molecular weight is 286 g/mol. The fourth-order valence-corrected chi connectivity index (χ4v) is 1.49. The van der Waals surface area contributed by atoms with E-state index in [1.165, 1.54) is 0 Å². The highest BCUT2D eigenvalue weighted by molar-refractivity contribution is 5.80. The van der Waals surface area contributed by atoms with Crippen LogP contribution in [0.4, 0.5) is 20.4 Å². The van der Waals surface area contributed by atoms with Crippen molar-refractivity contribution in [2.24, 2.45) is 0 Å². The standard InChI is InChI=1S/C13H20F2N4O/c1-4-5-16-12-9(14)6-10(15)13(19-12)17-7-11(20)18-8(2)3/h6,8H,4-5,7H2,1-3H3,(H,18,20)(H2,16,17,19). The molecule has 0 aliphatic rings. The Kier molecular flexibility index (Phi) is 6.14. The minimum absolute atomic E-state index is 0.00268. The highest BCUT2D eigenvalue weighted by atomic mass is 19.1. The van der Waals surface area contributed by atoms with E-state index in [2.05, 4.69) is 20.9 Å². The third kappa shape index (κ3) is 4.99. The van der Waals surface area contributed by atoms with E-state index in [1.807, 2.05) is 20.8 Å². The molecule has 0 aromatic carbocycles. The molecule has 0 saturated carbocycles. The van der Waals surface area contributed by atoms with Gasteiger partial charge in [0.1, 0.15) is 0 Å². The normalized spacial score (nSPS) is 10.5. The highest BCUT2D eigenvalue weighted by Crippen LogP contribution is 2.18. The van der Waals surface area contributed by atoms with E-state index in [4.69, 9.17) is 0 Å². The number of aromatic nitrogens is 1. The first-order chi connectivity index (χ1) is 9.43. The Hall–Kier alpha value is -1.92. The summed E-state index contributed by atoms with van der Waals surface area (Å²) in [6, 6.07) is 0.741. The molecule has 7 heteroatoms. The maximum atomic E-state index is 13.5. The van der Waals surface area contributed by atoms with Crippen LogP contribution < -0.4 is 16.0 Å². The zero-order valence-electron chi connectivity index (χ0n) is 11.9. The quantitative estimate of drug-likeness (QED) is 0.718. The summed E-state index contributed by atoms with van der Waals surface area (Å²) in [5.41, 5.74) is 0. The fourth-order valence-electron chi connectivity index (χ4n) is 1.49. The SMILES string of the molecule is CCCNc1nc(NCC(=O)NC(C)C)c(F)cc1F. The van der Waals surface area contributed by atoms with Crippen molar-refractivity contribution in [3.05, 3.63) is 17.7 Å². The summed E-state index contributed by atoms with van der Waals surface area (Å²) in [5.74, 6) is -2.05. The predicted molar refractivity (Wildman–Crippen MR) is 74.7 cm³/mol. The number of hydrogen-bond acceptors (Lipinski definition) is 4. The Bertz CT molecular complexity index is 466. The van der Waals surface area contributed by atoms with E-state index in [0.717, 1.165) is 12.5 Å². The number of pyridine rings is 1. The minimum Gasteiger partial charge on any atom is -0.368 e. The molecule has 0 aliphatic carbocycles. The highest BCUT2D eigenvalue weighted by Gasteiger charge is 2.12. The van der Waals surface area contributed by atoms with Gasteiger partial charge in [0, 0.05) is 18.7 Å². The minimum atomic E-state index is -0.832. The summed E-state index contributed by atoms with van der Waals surface area (Å²) in [6.07, 6.45) is 0.790. The van der Waals surface area contributed by atoms with E-state index in [0.29, 0.717) is 6.54 Å². The Morgan fingerprint density at radius 2 is 1.85 bits per heavy atom. The number of carbonyl (C=O) groups is 1. The molecule has 0 aliphatic heterocycles. The van der Waals surface area contributed by atoms with Crippen LogP contribution in [0.3, 0.4) is 0 Å². The van der Waals surface area contributed by atoms with Crippen molar-refractivity contribution in [3.63, 3.8) is 0 Å². The van der Waals surface area contributed by atoms with E-state index in [1.54, 1.807) is 0 Å². The molecule has 0 fully saturated rings. The maximum absolute atomic E-state index is 13.5. The van der Waals surface area contributed by atoms with Crippen molar-refractivity contribution in [2.75, 3.05) is 23.7 Å². The van der Waals surface area contributed by atoms with Gasteiger partial charge in [0.25, 0.3) is 0 Å². The molecule has 1 aromatic rings. The van der Waals surface area contributed by atoms with Crippen LogP contribution in [0.2, 0.25) is 0 Å². The summed E-state index contributed by atoms with van der Waals surface area (Å²) in [5, 5.41) is 7.97. The van der Waals surface area contributed by atoms with Crippen molar-refractivity contribution < 1.29 is 13.6 Å². The van der Waals surface area contributed by atoms with Crippen LogP contribution in [0.1, 0.15) is 27.2 Å². The summed E-state index contributed by atoms with van der Waals surface area (Å²) in [7, 11) is 0. The van der Waals surface area contributed by atoms with Crippen molar-refractivity contribution >= 4 is 17.5 Å². The molecule has 0 radical (unpaired) electrons. The second-order valence-corrected chi connectivity index (χ2v) is 4.65. The molecule has 0 atom stereocenters. The molecule has 1 rings (SSSR count). The zero-order valence-corrected chi connectivity index (χ0v) is 11.9. The van der Waals surface area contributed by atoms with Gasteiger partial charge < -0.3 is 16.0 Å². The van der Waals surface area contributed by atoms with Crippen molar-refractivity contribution in [1.82, 2.24) is 10.3 Å². The van der Waals surface area contributed by atoms with Crippen molar-refractivity contribution in [1.29, 1.82) is 0 Å². The van der Waals surface area contributed by atoms with E-state index in [9.17, 15) is 13.6 Å². The number of carbonyl (C=O) groups excluding carboxylic acids is 1. The lowest BCUT2D eigenvalue weighted by Crippen LogP contribution is -2.35. The van der Waals surface area contributed by atoms with Crippen LogP contribution in [0.5, 0.6) is 0 Å². The lowest BCUT2D eigenvalue weighted by atomic mass is 10.3. The second-order valence-electron chi connectivity index (χ2n) is 4.65. The third-order valence-corrected chi connectivity index (χ3v) is 2.34. The van der Waals surface area contributed by atoms with E-state index >= 15 is 0 Å². The summed E-state index contributed by atoms with van der Waals surface area (Å²) < 4.78 is 27.0. The lowest BCUT2D eigenvalue weighted by Gasteiger charge is -2.12. The first-order valence-electron chi connectivity index (χ1n) is 6.57. The molecule has 0 bridgehead atoms. The van der Waals surface area contributed by atoms with Crippen LogP contribution in [0, 0.1) is 11.6 Å². The van der Waals surface area contributed by atoms with Crippen LogP contribution >= 0.6 is 0 Å². The molecule has 20 heavy (non-hydrogen) atoms. The molecule has 112 valence electrons. The second kappa shape index (κ2) is 7.62. The monoisotopic (exact) mass is 286 g/mol. The van der Waals surface area contributed by atoms with Gasteiger partial charge in [-0.2, -0.15) is 0 Å². The molecule has 5 nitrogen and oxygen atoms in total. The molecule has 1 heterocycles. The van der Waals surface area contributed by atoms with Gasteiger partial charge in [-0.1, -0.05) is 6.92 Å². The van der Waals surface area contributed by atoms with Crippen molar-refractivity contribution in [3.8, 4) is 0 Å². The Morgan fingerprint density at radius 1 is 1.25 bits per heavy atom. The number of anilines is 2. The van der Waals surface area contributed by atoms with Gasteiger partial charge in [0.15, 0.2) is 23.3 Å². The smallest absolute Gasteiger partial charge is 0.239 e. The van der Waals surface area contributed by atoms with Gasteiger partial charge >= 0.3 is 0 Å². The number of amides is 1. The zero-order chi connectivity index (χ0) is 15.1. The Morgan fingerprint density at radius 3 is 2.40 bits per heavy atom. The summed E-state index contributed by atoms with van der Waals surface area (Å²) >= 11 is 0. The van der Waals surface area contributed by atoms with Gasteiger partial charge in [0.2, 0.25) is 5.91 Å². The van der Waals surface area contributed by atoms with E-state index < -0.39 is 11.6 Å². The fraction of sp³-hybridized carbons (Fsp3) is 0.538. The van der Waals surface area contributed by atoms with Crippen LogP contribution in [-0.2, 0) is 4.79 Å². The molecule has 0 saturated heterocycles. The first kappa shape index (κ1) is 16.1. The van der Waals surface area contributed by atoms with Crippen LogP contribution in [0.25, 0.3) is 0 Å². The molecular formula is C13H20F2N4O. The van der Waals surface area contributed by atoms with E-state index in [-0.39, 0.29) is 30.1 Å². The van der Waals surface area contributed by atoms with Gasteiger partial charge in [-0.05, 0) is 20.3 Å².